The molecule has 0 aliphatic rings. The van der Waals surface area contributed by atoms with Gasteiger partial charge in [-0.2, -0.15) is 0 Å². The molecule has 3 heteroatoms. The molecule has 0 unspecified atom stereocenters. The van der Waals surface area contributed by atoms with Crippen molar-refractivity contribution in [1.82, 2.24) is 10.2 Å². The molecule has 0 atom stereocenters. The third-order valence-corrected chi connectivity index (χ3v) is 2.71. The van der Waals surface area contributed by atoms with Crippen molar-refractivity contribution in [1.29, 1.82) is 0 Å². The summed E-state index contributed by atoms with van der Waals surface area (Å²) in [5.74, 6) is 2.04. The molecule has 1 aromatic heterocycles. The molecular weight excluding hydrogens is 224 g/mol. The van der Waals surface area contributed by atoms with Gasteiger partial charge in [-0.3, -0.25) is 4.90 Å². The number of nitrogens with one attached hydrogen (secondary N) is 1. The van der Waals surface area contributed by atoms with Gasteiger partial charge in [-0.15, -0.1) is 6.58 Å². The second kappa shape index (κ2) is 8.11. The molecule has 1 heterocycles. The summed E-state index contributed by atoms with van der Waals surface area (Å²) >= 11 is 0. The van der Waals surface area contributed by atoms with Crippen LogP contribution in [0.25, 0.3) is 0 Å². The van der Waals surface area contributed by atoms with Gasteiger partial charge in [-0.25, -0.2) is 0 Å². The minimum Gasteiger partial charge on any atom is -0.463 e. The van der Waals surface area contributed by atoms with E-state index in [1.54, 1.807) is 0 Å². The lowest BCUT2D eigenvalue weighted by Gasteiger charge is -2.18. The summed E-state index contributed by atoms with van der Waals surface area (Å²) in [5, 5.41) is 3.36. The van der Waals surface area contributed by atoms with Gasteiger partial charge < -0.3 is 9.73 Å². The zero-order chi connectivity index (χ0) is 13.4. The van der Waals surface area contributed by atoms with Crippen molar-refractivity contribution in [3.8, 4) is 0 Å². The van der Waals surface area contributed by atoms with Gasteiger partial charge in [-0.1, -0.05) is 26.8 Å². The number of furan rings is 1. The van der Waals surface area contributed by atoms with Gasteiger partial charge in [0.1, 0.15) is 11.5 Å². The molecule has 0 aromatic carbocycles. The van der Waals surface area contributed by atoms with Crippen molar-refractivity contribution >= 4 is 0 Å². The van der Waals surface area contributed by atoms with Crippen molar-refractivity contribution in [2.24, 2.45) is 0 Å². The van der Waals surface area contributed by atoms with E-state index in [-0.39, 0.29) is 0 Å². The standard InChI is InChI=1S/C15H26N2O/c1-5-9-17(10-6-2)12-15-8-7-14(18-15)11-16-13(3)4/h5,7-8,13,16H,1,6,9-12H2,2-4H3. The van der Waals surface area contributed by atoms with Crippen LogP contribution in [0.1, 0.15) is 38.7 Å². The fourth-order valence-electron chi connectivity index (χ4n) is 1.86. The summed E-state index contributed by atoms with van der Waals surface area (Å²) in [7, 11) is 0. The molecule has 1 N–H and O–H groups in total. The Morgan fingerprint density at radius 3 is 2.72 bits per heavy atom. The Morgan fingerprint density at radius 1 is 1.39 bits per heavy atom. The first-order valence-corrected chi connectivity index (χ1v) is 6.80. The molecule has 0 radical (unpaired) electrons. The molecule has 0 fully saturated rings. The number of rotatable bonds is 9. The van der Waals surface area contributed by atoms with Crippen molar-refractivity contribution in [2.45, 2.75) is 46.3 Å². The van der Waals surface area contributed by atoms with Gasteiger partial charge in [0.2, 0.25) is 0 Å². The van der Waals surface area contributed by atoms with Crippen LogP contribution in [-0.4, -0.2) is 24.0 Å². The van der Waals surface area contributed by atoms with E-state index < -0.39 is 0 Å². The summed E-state index contributed by atoms with van der Waals surface area (Å²) in [6.45, 7) is 13.9. The molecule has 102 valence electrons. The fourth-order valence-corrected chi connectivity index (χ4v) is 1.86. The monoisotopic (exact) mass is 250 g/mol. The van der Waals surface area contributed by atoms with E-state index in [1.807, 2.05) is 6.08 Å². The Morgan fingerprint density at radius 2 is 2.11 bits per heavy atom. The van der Waals surface area contributed by atoms with Crippen LogP contribution in [0.3, 0.4) is 0 Å². The Hall–Kier alpha value is -1.06. The van der Waals surface area contributed by atoms with Crippen LogP contribution in [0.5, 0.6) is 0 Å². The second-order valence-electron chi connectivity index (χ2n) is 4.93. The predicted molar refractivity (Wildman–Crippen MR) is 76.4 cm³/mol. The van der Waals surface area contributed by atoms with Gasteiger partial charge in [0.25, 0.3) is 0 Å². The van der Waals surface area contributed by atoms with E-state index in [1.165, 1.54) is 0 Å². The largest absolute Gasteiger partial charge is 0.463 e. The fraction of sp³-hybridized carbons (Fsp3) is 0.600. The zero-order valence-electron chi connectivity index (χ0n) is 11.9. The first kappa shape index (κ1) is 15.0. The van der Waals surface area contributed by atoms with Gasteiger partial charge in [0, 0.05) is 12.6 Å². The maximum absolute atomic E-state index is 5.82. The van der Waals surface area contributed by atoms with Crippen LogP contribution in [0.2, 0.25) is 0 Å². The predicted octanol–water partition coefficient (Wildman–Crippen LogP) is 3.18. The highest BCUT2D eigenvalue weighted by atomic mass is 16.3. The molecule has 0 saturated carbocycles. The smallest absolute Gasteiger partial charge is 0.118 e. The summed E-state index contributed by atoms with van der Waals surface area (Å²) in [5.41, 5.74) is 0. The highest BCUT2D eigenvalue weighted by molar-refractivity contribution is 5.07. The molecule has 0 bridgehead atoms. The zero-order valence-corrected chi connectivity index (χ0v) is 11.9. The van der Waals surface area contributed by atoms with Gasteiger partial charge in [0.15, 0.2) is 0 Å². The van der Waals surface area contributed by atoms with Crippen molar-refractivity contribution in [2.75, 3.05) is 13.1 Å². The molecule has 1 aromatic rings. The quantitative estimate of drug-likeness (QED) is 0.682. The second-order valence-corrected chi connectivity index (χ2v) is 4.93. The van der Waals surface area contributed by atoms with Crippen LogP contribution >= 0.6 is 0 Å². The average molecular weight is 250 g/mol. The Bertz CT molecular complexity index is 344. The molecule has 0 aliphatic carbocycles. The van der Waals surface area contributed by atoms with Gasteiger partial charge in [-0.05, 0) is 25.1 Å². The minimum atomic E-state index is 0.482. The van der Waals surface area contributed by atoms with Gasteiger partial charge in [0.05, 0.1) is 13.1 Å². The number of hydrogen-bond donors (Lipinski definition) is 1. The summed E-state index contributed by atoms with van der Waals surface area (Å²) in [4.78, 5) is 2.34. The molecular formula is C15H26N2O. The summed E-state index contributed by atoms with van der Waals surface area (Å²) in [6, 6.07) is 4.61. The normalized spacial score (nSPS) is 11.4. The summed E-state index contributed by atoms with van der Waals surface area (Å²) in [6.07, 6.45) is 3.09. The molecule has 1 rings (SSSR count). The number of hydrogen-bond acceptors (Lipinski definition) is 3. The van der Waals surface area contributed by atoms with Crippen LogP contribution in [0.4, 0.5) is 0 Å². The maximum atomic E-state index is 5.82. The Balaban J connectivity index is 2.48. The van der Waals surface area contributed by atoms with Crippen molar-refractivity contribution in [3.05, 3.63) is 36.3 Å². The molecule has 0 amide bonds. The minimum absolute atomic E-state index is 0.482. The van der Waals surface area contributed by atoms with E-state index >= 15 is 0 Å². The van der Waals surface area contributed by atoms with Crippen molar-refractivity contribution < 1.29 is 4.42 Å². The van der Waals surface area contributed by atoms with E-state index in [4.69, 9.17) is 4.42 Å². The van der Waals surface area contributed by atoms with Crippen molar-refractivity contribution in [3.63, 3.8) is 0 Å². The molecule has 0 saturated heterocycles. The highest BCUT2D eigenvalue weighted by Gasteiger charge is 2.07. The van der Waals surface area contributed by atoms with Crippen LogP contribution in [0, 0.1) is 0 Å². The van der Waals surface area contributed by atoms with E-state index in [9.17, 15) is 0 Å². The maximum Gasteiger partial charge on any atom is 0.118 e. The van der Waals surface area contributed by atoms with Crippen LogP contribution < -0.4 is 5.32 Å². The topological polar surface area (TPSA) is 28.4 Å². The lowest BCUT2D eigenvalue weighted by Crippen LogP contribution is -2.24. The first-order valence-electron chi connectivity index (χ1n) is 6.80. The van der Waals surface area contributed by atoms with E-state index in [0.29, 0.717) is 6.04 Å². The average Bonchev–Trinajstić information content (AvgIpc) is 2.75. The van der Waals surface area contributed by atoms with Gasteiger partial charge >= 0.3 is 0 Å². The highest BCUT2D eigenvalue weighted by Crippen LogP contribution is 2.11. The number of nitrogens with zero attached hydrogens (tertiary/aromatic N) is 1. The summed E-state index contributed by atoms with van der Waals surface area (Å²) < 4.78 is 5.82. The third-order valence-electron chi connectivity index (χ3n) is 2.71. The molecule has 0 aliphatic heterocycles. The lowest BCUT2D eigenvalue weighted by atomic mass is 10.3. The van der Waals surface area contributed by atoms with E-state index in [0.717, 1.165) is 44.1 Å². The van der Waals surface area contributed by atoms with Crippen LogP contribution in [0.15, 0.2) is 29.2 Å². The first-order chi connectivity index (χ1) is 8.65. The van der Waals surface area contributed by atoms with Crippen LogP contribution in [-0.2, 0) is 13.1 Å². The molecule has 18 heavy (non-hydrogen) atoms. The molecule has 0 spiro atoms. The Labute approximate surface area is 111 Å². The lowest BCUT2D eigenvalue weighted by molar-refractivity contribution is 0.264. The third kappa shape index (κ3) is 5.52. The molecule has 3 nitrogen and oxygen atoms in total. The Kier molecular flexibility index (Phi) is 6.76. The van der Waals surface area contributed by atoms with E-state index in [2.05, 4.69) is 49.7 Å². The SMILES string of the molecule is C=CCN(CCC)Cc1ccc(CNC(C)C)o1.